The van der Waals surface area contributed by atoms with Crippen LogP contribution in [0.3, 0.4) is 0 Å². The summed E-state index contributed by atoms with van der Waals surface area (Å²) >= 11 is 3.42. The van der Waals surface area contributed by atoms with Crippen molar-refractivity contribution in [3.8, 4) is 11.1 Å². The summed E-state index contributed by atoms with van der Waals surface area (Å²) in [6, 6.07) is 30.7. The fourth-order valence-electron chi connectivity index (χ4n) is 1.66. The van der Waals surface area contributed by atoms with E-state index in [1.807, 2.05) is 42.5 Å². The minimum Gasteiger partial charge on any atom is -0.0623 e. The van der Waals surface area contributed by atoms with Gasteiger partial charge in [-0.2, -0.15) is 0 Å². The number of benzene rings is 3. The molecule has 3 aromatic rings. The third-order valence-electron chi connectivity index (χ3n) is 2.62. The van der Waals surface area contributed by atoms with Crippen molar-refractivity contribution < 1.29 is 0 Å². The first kappa shape index (κ1) is 13.6. The van der Waals surface area contributed by atoms with E-state index in [-0.39, 0.29) is 0 Å². The van der Waals surface area contributed by atoms with Gasteiger partial charge in [0.25, 0.3) is 0 Å². The van der Waals surface area contributed by atoms with Crippen LogP contribution in [0.5, 0.6) is 0 Å². The molecule has 0 nitrogen and oxygen atoms in total. The van der Waals surface area contributed by atoms with Crippen molar-refractivity contribution in [1.29, 1.82) is 0 Å². The van der Waals surface area contributed by atoms with E-state index >= 15 is 0 Å². The molecule has 0 saturated heterocycles. The van der Waals surface area contributed by atoms with Crippen molar-refractivity contribution >= 4 is 15.9 Å². The van der Waals surface area contributed by atoms with Gasteiger partial charge in [0.05, 0.1) is 0 Å². The van der Waals surface area contributed by atoms with Crippen molar-refractivity contribution in [2.75, 3.05) is 0 Å². The summed E-state index contributed by atoms with van der Waals surface area (Å²) in [5.41, 5.74) is 2.51. The Balaban J connectivity index is 0.000000186. The van der Waals surface area contributed by atoms with Gasteiger partial charge in [0.1, 0.15) is 0 Å². The van der Waals surface area contributed by atoms with E-state index in [1.54, 1.807) is 0 Å². The highest BCUT2D eigenvalue weighted by atomic mass is 79.9. The standard InChI is InChI=1S/C12H9Br.C6H6/c13-12-8-6-11(7-9-12)10-4-2-1-3-5-10;1-2-4-6-5-3-1/h1-9H;1-6H. The average molecular weight is 311 g/mol. The molecule has 0 N–H and O–H groups in total. The molecule has 1 heteroatoms. The molecule has 3 rings (SSSR count). The summed E-state index contributed by atoms with van der Waals surface area (Å²) in [5.74, 6) is 0. The third-order valence-corrected chi connectivity index (χ3v) is 3.15. The molecule has 0 aliphatic rings. The highest BCUT2D eigenvalue weighted by Crippen LogP contribution is 2.20. The van der Waals surface area contributed by atoms with Gasteiger partial charge in [-0.15, -0.1) is 0 Å². The summed E-state index contributed by atoms with van der Waals surface area (Å²) in [6.07, 6.45) is 0. The lowest BCUT2D eigenvalue weighted by molar-refractivity contribution is 1.59. The number of hydrogen-bond acceptors (Lipinski definition) is 0. The van der Waals surface area contributed by atoms with Gasteiger partial charge in [-0.25, -0.2) is 0 Å². The van der Waals surface area contributed by atoms with Crippen LogP contribution < -0.4 is 0 Å². The second kappa shape index (κ2) is 7.55. The largest absolute Gasteiger partial charge is 0.0623 e. The summed E-state index contributed by atoms with van der Waals surface area (Å²) in [4.78, 5) is 0. The number of halogens is 1. The van der Waals surface area contributed by atoms with Crippen LogP contribution in [0.4, 0.5) is 0 Å². The van der Waals surface area contributed by atoms with Gasteiger partial charge in [0.2, 0.25) is 0 Å². The Bertz CT molecular complexity index is 544. The van der Waals surface area contributed by atoms with Gasteiger partial charge < -0.3 is 0 Å². The van der Waals surface area contributed by atoms with E-state index in [4.69, 9.17) is 0 Å². The Morgan fingerprint density at radius 3 is 1.26 bits per heavy atom. The smallest absolute Gasteiger partial charge is 0.0175 e. The van der Waals surface area contributed by atoms with E-state index in [2.05, 4.69) is 64.5 Å². The summed E-state index contributed by atoms with van der Waals surface area (Å²) < 4.78 is 1.12. The molecule has 0 atom stereocenters. The minimum absolute atomic E-state index is 1.12. The first-order chi connectivity index (χ1) is 9.36. The molecular weight excluding hydrogens is 296 g/mol. The van der Waals surface area contributed by atoms with E-state index in [1.165, 1.54) is 11.1 Å². The molecule has 0 aliphatic carbocycles. The van der Waals surface area contributed by atoms with Crippen LogP contribution in [0.15, 0.2) is 95.5 Å². The highest BCUT2D eigenvalue weighted by molar-refractivity contribution is 9.10. The molecule has 0 radical (unpaired) electrons. The normalized spacial score (nSPS) is 9.32. The van der Waals surface area contributed by atoms with Gasteiger partial charge in [-0.05, 0) is 23.3 Å². The van der Waals surface area contributed by atoms with Crippen LogP contribution in [0.25, 0.3) is 11.1 Å². The Morgan fingerprint density at radius 2 is 0.789 bits per heavy atom. The van der Waals surface area contributed by atoms with Crippen molar-refractivity contribution in [2.24, 2.45) is 0 Å². The SMILES string of the molecule is Brc1ccc(-c2ccccc2)cc1.c1ccccc1. The first-order valence-corrected chi connectivity index (χ1v) is 6.96. The van der Waals surface area contributed by atoms with Crippen LogP contribution in [0.1, 0.15) is 0 Å². The maximum atomic E-state index is 3.42. The summed E-state index contributed by atoms with van der Waals surface area (Å²) in [5, 5.41) is 0. The molecule has 0 fully saturated rings. The molecular formula is C18H15Br. The van der Waals surface area contributed by atoms with E-state index in [0.29, 0.717) is 0 Å². The van der Waals surface area contributed by atoms with Crippen LogP contribution in [0.2, 0.25) is 0 Å². The van der Waals surface area contributed by atoms with Crippen molar-refractivity contribution in [3.63, 3.8) is 0 Å². The van der Waals surface area contributed by atoms with Gasteiger partial charge in [-0.1, -0.05) is 94.8 Å². The van der Waals surface area contributed by atoms with Gasteiger partial charge >= 0.3 is 0 Å². The second-order valence-electron chi connectivity index (χ2n) is 4.03. The fourth-order valence-corrected chi connectivity index (χ4v) is 1.92. The Hall–Kier alpha value is -1.86. The molecule has 0 bridgehead atoms. The maximum absolute atomic E-state index is 3.42. The minimum atomic E-state index is 1.12. The zero-order valence-corrected chi connectivity index (χ0v) is 12.1. The zero-order valence-electron chi connectivity index (χ0n) is 10.5. The summed E-state index contributed by atoms with van der Waals surface area (Å²) in [7, 11) is 0. The van der Waals surface area contributed by atoms with Crippen LogP contribution in [0, 0.1) is 0 Å². The number of rotatable bonds is 1. The van der Waals surface area contributed by atoms with Gasteiger partial charge in [0.15, 0.2) is 0 Å². The van der Waals surface area contributed by atoms with Crippen LogP contribution in [-0.4, -0.2) is 0 Å². The molecule has 0 saturated carbocycles. The highest BCUT2D eigenvalue weighted by Gasteiger charge is 1.94. The quantitative estimate of drug-likeness (QED) is 0.532. The number of hydrogen-bond donors (Lipinski definition) is 0. The predicted molar refractivity (Wildman–Crippen MR) is 86.0 cm³/mol. The zero-order chi connectivity index (χ0) is 13.3. The molecule has 19 heavy (non-hydrogen) atoms. The Labute approximate surface area is 122 Å². The van der Waals surface area contributed by atoms with Crippen molar-refractivity contribution in [3.05, 3.63) is 95.5 Å². The van der Waals surface area contributed by atoms with E-state index < -0.39 is 0 Å². The molecule has 0 amide bonds. The third kappa shape index (κ3) is 4.72. The molecule has 3 aromatic carbocycles. The average Bonchev–Trinajstić information content (AvgIpc) is 2.51. The van der Waals surface area contributed by atoms with E-state index in [0.717, 1.165) is 4.47 Å². The van der Waals surface area contributed by atoms with Crippen LogP contribution >= 0.6 is 15.9 Å². The lowest BCUT2D eigenvalue weighted by Crippen LogP contribution is -1.75. The fraction of sp³-hybridized carbons (Fsp3) is 0. The lowest BCUT2D eigenvalue weighted by Gasteiger charge is -2.00. The first-order valence-electron chi connectivity index (χ1n) is 6.17. The topological polar surface area (TPSA) is 0 Å². The lowest BCUT2D eigenvalue weighted by atomic mass is 10.1. The maximum Gasteiger partial charge on any atom is 0.0175 e. The molecule has 0 heterocycles. The van der Waals surface area contributed by atoms with Crippen LogP contribution in [-0.2, 0) is 0 Å². The monoisotopic (exact) mass is 310 g/mol. The van der Waals surface area contributed by atoms with Gasteiger partial charge in [-0.3, -0.25) is 0 Å². The second-order valence-corrected chi connectivity index (χ2v) is 4.94. The Morgan fingerprint density at radius 1 is 0.421 bits per heavy atom. The molecule has 94 valence electrons. The van der Waals surface area contributed by atoms with Crippen molar-refractivity contribution in [2.45, 2.75) is 0 Å². The van der Waals surface area contributed by atoms with E-state index in [9.17, 15) is 0 Å². The predicted octanol–water partition coefficient (Wildman–Crippen LogP) is 5.80. The molecule has 0 aromatic heterocycles. The molecule has 0 unspecified atom stereocenters. The van der Waals surface area contributed by atoms with Crippen molar-refractivity contribution in [1.82, 2.24) is 0 Å². The molecule has 0 spiro atoms. The summed E-state index contributed by atoms with van der Waals surface area (Å²) in [6.45, 7) is 0. The molecule has 0 aliphatic heterocycles. The Kier molecular flexibility index (Phi) is 5.39. The van der Waals surface area contributed by atoms with Gasteiger partial charge in [0, 0.05) is 4.47 Å².